The molecule has 96 valence electrons. The van der Waals surface area contributed by atoms with Gasteiger partial charge >= 0.3 is 0 Å². The summed E-state index contributed by atoms with van der Waals surface area (Å²) in [6.07, 6.45) is 5.53. The van der Waals surface area contributed by atoms with Crippen LogP contribution in [0, 0.1) is 18.8 Å². The second-order valence-corrected chi connectivity index (χ2v) is 6.16. The van der Waals surface area contributed by atoms with Crippen molar-refractivity contribution >= 4 is 23.0 Å². The van der Waals surface area contributed by atoms with E-state index < -0.39 is 0 Å². The van der Waals surface area contributed by atoms with E-state index in [2.05, 4.69) is 41.8 Å². The van der Waals surface area contributed by atoms with Crippen LogP contribution in [0.3, 0.4) is 0 Å². The second kappa shape index (κ2) is 4.88. The third-order valence-corrected chi connectivity index (χ3v) is 4.55. The zero-order chi connectivity index (χ0) is 12.5. The van der Waals surface area contributed by atoms with E-state index in [9.17, 15) is 0 Å². The van der Waals surface area contributed by atoms with Gasteiger partial charge in [0.2, 0.25) is 0 Å². The van der Waals surface area contributed by atoms with Crippen molar-refractivity contribution in [1.29, 1.82) is 0 Å². The van der Waals surface area contributed by atoms with Gasteiger partial charge in [0.15, 0.2) is 5.11 Å². The third kappa shape index (κ3) is 2.51. The minimum Gasteiger partial charge on any atom is -0.359 e. The topological polar surface area (TPSA) is 24.1 Å². The molecular formula is C15H20N2S. The number of fused-ring (bicyclic) bond motifs is 2. The van der Waals surface area contributed by atoms with Crippen LogP contribution in [-0.2, 0) is 0 Å². The van der Waals surface area contributed by atoms with Gasteiger partial charge < -0.3 is 10.6 Å². The fourth-order valence-corrected chi connectivity index (χ4v) is 3.75. The second-order valence-electron chi connectivity index (χ2n) is 5.75. The maximum absolute atomic E-state index is 5.41. The lowest BCUT2D eigenvalue weighted by Gasteiger charge is -2.24. The number of aryl methyl sites for hydroxylation is 1. The molecule has 0 aliphatic heterocycles. The van der Waals surface area contributed by atoms with Crippen molar-refractivity contribution in [3.63, 3.8) is 0 Å². The van der Waals surface area contributed by atoms with E-state index in [0.29, 0.717) is 6.04 Å². The van der Waals surface area contributed by atoms with Gasteiger partial charge in [-0.05, 0) is 67.9 Å². The van der Waals surface area contributed by atoms with Gasteiger partial charge in [-0.3, -0.25) is 0 Å². The molecule has 0 saturated heterocycles. The van der Waals surface area contributed by atoms with Crippen LogP contribution in [0.15, 0.2) is 24.3 Å². The highest BCUT2D eigenvalue weighted by atomic mass is 32.1. The van der Waals surface area contributed by atoms with Crippen LogP contribution >= 0.6 is 12.2 Å². The lowest BCUT2D eigenvalue weighted by atomic mass is 9.96. The number of hydrogen-bond donors (Lipinski definition) is 2. The Labute approximate surface area is 114 Å². The summed E-state index contributed by atoms with van der Waals surface area (Å²) in [6.45, 7) is 2.09. The van der Waals surface area contributed by atoms with Crippen LogP contribution in [-0.4, -0.2) is 11.2 Å². The Balaban J connectivity index is 1.56. The standard InChI is InChI=1S/C15H20N2S/c1-10-3-2-4-13(7-10)16-15(18)17-14-9-11-5-6-12(14)8-11/h2-4,7,11-12,14H,5-6,8-9H2,1H3,(H2,16,17,18). The van der Waals surface area contributed by atoms with E-state index in [1.54, 1.807) is 0 Å². The van der Waals surface area contributed by atoms with Crippen molar-refractivity contribution in [2.45, 2.75) is 38.6 Å². The first kappa shape index (κ1) is 12.0. The molecule has 2 saturated carbocycles. The van der Waals surface area contributed by atoms with Crippen LogP contribution in [0.4, 0.5) is 5.69 Å². The molecule has 0 radical (unpaired) electrons. The van der Waals surface area contributed by atoms with Gasteiger partial charge in [-0.1, -0.05) is 18.6 Å². The summed E-state index contributed by atoms with van der Waals surface area (Å²) in [5.41, 5.74) is 2.33. The van der Waals surface area contributed by atoms with Crippen LogP contribution in [0.1, 0.15) is 31.2 Å². The Hall–Kier alpha value is -1.09. The highest BCUT2D eigenvalue weighted by Gasteiger charge is 2.39. The molecular weight excluding hydrogens is 240 g/mol. The van der Waals surface area contributed by atoms with Crippen LogP contribution in [0.2, 0.25) is 0 Å². The fraction of sp³-hybridized carbons (Fsp3) is 0.533. The molecule has 0 heterocycles. The lowest BCUT2D eigenvalue weighted by molar-refractivity contribution is 0.392. The van der Waals surface area contributed by atoms with Crippen molar-refractivity contribution in [1.82, 2.24) is 5.32 Å². The summed E-state index contributed by atoms with van der Waals surface area (Å²) in [6, 6.07) is 8.93. The van der Waals surface area contributed by atoms with Crippen LogP contribution in [0.5, 0.6) is 0 Å². The fourth-order valence-electron chi connectivity index (χ4n) is 3.48. The predicted molar refractivity (Wildman–Crippen MR) is 79.8 cm³/mol. The molecule has 18 heavy (non-hydrogen) atoms. The molecule has 2 aliphatic rings. The summed E-state index contributed by atoms with van der Waals surface area (Å²) in [4.78, 5) is 0. The minimum atomic E-state index is 0.605. The van der Waals surface area contributed by atoms with Gasteiger partial charge in [0.05, 0.1) is 0 Å². The van der Waals surface area contributed by atoms with Crippen molar-refractivity contribution < 1.29 is 0 Å². The first-order valence-corrected chi connectivity index (χ1v) is 7.26. The Morgan fingerprint density at radius 2 is 2.17 bits per heavy atom. The van der Waals surface area contributed by atoms with Gasteiger partial charge in [0, 0.05) is 11.7 Å². The Kier molecular flexibility index (Phi) is 3.25. The van der Waals surface area contributed by atoms with E-state index in [-0.39, 0.29) is 0 Å². The number of thiocarbonyl (C=S) groups is 1. The molecule has 2 fully saturated rings. The van der Waals surface area contributed by atoms with Gasteiger partial charge in [0.1, 0.15) is 0 Å². The smallest absolute Gasteiger partial charge is 0.171 e. The highest BCUT2D eigenvalue weighted by Crippen LogP contribution is 2.44. The molecule has 0 aromatic heterocycles. The Bertz CT molecular complexity index is 458. The molecule has 3 unspecified atom stereocenters. The molecule has 2 N–H and O–H groups in total. The number of benzene rings is 1. The SMILES string of the molecule is Cc1cccc(NC(=S)NC2CC3CCC2C3)c1. The van der Waals surface area contributed by atoms with E-state index in [1.165, 1.54) is 31.2 Å². The number of rotatable bonds is 2. The predicted octanol–water partition coefficient (Wildman–Crippen LogP) is 3.47. The average Bonchev–Trinajstić information content (AvgIpc) is 2.90. The molecule has 3 heteroatoms. The monoisotopic (exact) mass is 260 g/mol. The molecule has 1 aromatic carbocycles. The summed E-state index contributed by atoms with van der Waals surface area (Å²) >= 11 is 5.41. The summed E-state index contributed by atoms with van der Waals surface area (Å²) in [5.74, 6) is 1.81. The summed E-state index contributed by atoms with van der Waals surface area (Å²) < 4.78 is 0. The normalized spacial score (nSPS) is 29.3. The zero-order valence-corrected chi connectivity index (χ0v) is 11.6. The highest BCUT2D eigenvalue weighted by molar-refractivity contribution is 7.80. The Morgan fingerprint density at radius 1 is 1.28 bits per heavy atom. The number of hydrogen-bond acceptors (Lipinski definition) is 1. The first-order chi connectivity index (χ1) is 8.70. The molecule has 2 bridgehead atoms. The van der Waals surface area contributed by atoms with Crippen molar-refractivity contribution in [2.24, 2.45) is 11.8 Å². The summed E-state index contributed by atoms with van der Waals surface area (Å²) in [5, 5.41) is 7.56. The maximum atomic E-state index is 5.41. The van der Waals surface area contributed by atoms with Crippen LogP contribution in [0.25, 0.3) is 0 Å². The maximum Gasteiger partial charge on any atom is 0.171 e. The van der Waals surface area contributed by atoms with Gasteiger partial charge in [-0.15, -0.1) is 0 Å². The molecule has 2 nitrogen and oxygen atoms in total. The molecule has 3 rings (SSSR count). The van der Waals surface area contributed by atoms with E-state index in [0.717, 1.165) is 22.6 Å². The first-order valence-electron chi connectivity index (χ1n) is 6.85. The number of anilines is 1. The van der Waals surface area contributed by atoms with Gasteiger partial charge in [0.25, 0.3) is 0 Å². The minimum absolute atomic E-state index is 0.605. The summed E-state index contributed by atoms with van der Waals surface area (Å²) in [7, 11) is 0. The number of nitrogens with one attached hydrogen (secondary N) is 2. The van der Waals surface area contributed by atoms with Crippen molar-refractivity contribution in [3.8, 4) is 0 Å². The van der Waals surface area contributed by atoms with Gasteiger partial charge in [-0.2, -0.15) is 0 Å². The quantitative estimate of drug-likeness (QED) is 0.796. The zero-order valence-electron chi connectivity index (χ0n) is 10.8. The van der Waals surface area contributed by atoms with Crippen molar-refractivity contribution in [2.75, 3.05) is 5.32 Å². The van der Waals surface area contributed by atoms with E-state index in [4.69, 9.17) is 12.2 Å². The lowest BCUT2D eigenvalue weighted by Crippen LogP contribution is -2.40. The van der Waals surface area contributed by atoms with E-state index >= 15 is 0 Å². The van der Waals surface area contributed by atoms with Crippen molar-refractivity contribution in [3.05, 3.63) is 29.8 Å². The Morgan fingerprint density at radius 3 is 2.83 bits per heavy atom. The molecule has 0 amide bonds. The van der Waals surface area contributed by atoms with E-state index in [1.807, 2.05) is 0 Å². The molecule has 0 spiro atoms. The van der Waals surface area contributed by atoms with Gasteiger partial charge in [-0.25, -0.2) is 0 Å². The van der Waals surface area contributed by atoms with Crippen LogP contribution < -0.4 is 10.6 Å². The molecule has 3 atom stereocenters. The average molecular weight is 260 g/mol. The molecule has 2 aliphatic carbocycles. The largest absolute Gasteiger partial charge is 0.359 e. The third-order valence-electron chi connectivity index (χ3n) is 4.33. The molecule has 1 aromatic rings.